The summed E-state index contributed by atoms with van der Waals surface area (Å²) in [7, 11) is 0. The molecule has 1 aliphatic heterocycles. The number of rotatable bonds is 0. The van der Waals surface area contributed by atoms with Crippen LogP contribution in [0.2, 0.25) is 0 Å². The third kappa shape index (κ3) is 1.60. The molecular formula is C6H7N3. The monoisotopic (exact) mass is 121 g/mol. The van der Waals surface area contributed by atoms with Crippen LogP contribution in [0.25, 0.3) is 0 Å². The first kappa shape index (κ1) is 5.88. The van der Waals surface area contributed by atoms with E-state index < -0.39 is 0 Å². The largest absolute Gasteiger partial charge is 0.305 e. The highest BCUT2D eigenvalue weighted by molar-refractivity contribution is 6.11. The minimum atomic E-state index is 0.255. The van der Waals surface area contributed by atoms with E-state index in [4.69, 9.17) is 10.8 Å². The van der Waals surface area contributed by atoms with Gasteiger partial charge in [0.1, 0.15) is 5.84 Å². The van der Waals surface area contributed by atoms with Crippen molar-refractivity contribution < 1.29 is 0 Å². The lowest BCUT2D eigenvalue weighted by Gasteiger charge is -1.89. The molecule has 0 fully saturated rings. The summed E-state index contributed by atoms with van der Waals surface area (Å²) in [6.07, 6.45) is 5.20. The van der Waals surface area contributed by atoms with E-state index in [9.17, 15) is 0 Å². The molecule has 0 unspecified atom stereocenters. The molecule has 1 aliphatic rings. The summed E-state index contributed by atoms with van der Waals surface area (Å²) < 4.78 is 0. The Hall–Kier alpha value is -1.25. The second kappa shape index (κ2) is 2.35. The van der Waals surface area contributed by atoms with Crippen molar-refractivity contribution in [2.45, 2.75) is 6.42 Å². The van der Waals surface area contributed by atoms with Gasteiger partial charge in [0.25, 0.3) is 0 Å². The molecule has 0 saturated carbocycles. The first-order valence-corrected chi connectivity index (χ1v) is 2.64. The molecule has 0 aromatic heterocycles. The summed E-state index contributed by atoms with van der Waals surface area (Å²) in [6.45, 7) is 0. The number of amidine groups is 1. The topological polar surface area (TPSA) is 60.1 Å². The third-order valence-electron chi connectivity index (χ3n) is 0.972. The van der Waals surface area contributed by atoms with Crippen molar-refractivity contribution in [2.24, 2.45) is 4.99 Å². The van der Waals surface area contributed by atoms with Crippen LogP contribution in [-0.4, -0.2) is 17.8 Å². The van der Waals surface area contributed by atoms with Gasteiger partial charge < -0.3 is 5.41 Å². The Morgan fingerprint density at radius 1 is 1.44 bits per heavy atom. The molecule has 0 radical (unpaired) electrons. The molecular weight excluding hydrogens is 114 g/mol. The van der Waals surface area contributed by atoms with Crippen molar-refractivity contribution in [1.29, 1.82) is 10.8 Å². The molecule has 0 aromatic carbocycles. The Morgan fingerprint density at radius 3 is 3.00 bits per heavy atom. The molecule has 1 rings (SSSR count). The van der Waals surface area contributed by atoms with Gasteiger partial charge in [-0.1, -0.05) is 0 Å². The average Bonchev–Trinajstić information content (AvgIpc) is 1.93. The van der Waals surface area contributed by atoms with E-state index in [1.807, 2.05) is 0 Å². The van der Waals surface area contributed by atoms with E-state index in [0.717, 1.165) is 0 Å². The quantitative estimate of drug-likeness (QED) is 0.480. The number of aliphatic imine (C=N–C) groups is 1. The Bertz CT molecular complexity index is 178. The first-order valence-electron chi connectivity index (χ1n) is 2.64. The second-order valence-corrected chi connectivity index (χ2v) is 1.79. The molecule has 3 heteroatoms. The summed E-state index contributed by atoms with van der Waals surface area (Å²) in [6, 6.07) is 0. The SMILES string of the molecule is N=C1C=CC=NC(=N)C1. The smallest absolute Gasteiger partial charge is 0.126 e. The van der Waals surface area contributed by atoms with Gasteiger partial charge in [0.2, 0.25) is 0 Å². The van der Waals surface area contributed by atoms with E-state index >= 15 is 0 Å². The van der Waals surface area contributed by atoms with Crippen LogP contribution in [0, 0.1) is 10.8 Å². The average molecular weight is 121 g/mol. The molecule has 0 aliphatic carbocycles. The fourth-order valence-electron chi connectivity index (χ4n) is 0.577. The third-order valence-corrected chi connectivity index (χ3v) is 0.972. The van der Waals surface area contributed by atoms with Gasteiger partial charge in [0.05, 0.1) is 0 Å². The summed E-state index contributed by atoms with van der Waals surface area (Å²) >= 11 is 0. The first-order chi connectivity index (χ1) is 4.29. The molecule has 3 nitrogen and oxygen atoms in total. The van der Waals surface area contributed by atoms with Crippen LogP contribution in [0.15, 0.2) is 17.1 Å². The highest BCUT2D eigenvalue weighted by Crippen LogP contribution is 1.93. The Balaban J connectivity index is 2.76. The number of hydrogen-bond acceptors (Lipinski definition) is 2. The van der Waals surface area contributed by atoms with Crippen molar-refractivity contribution in [2.75, 3.05) is 0 Å². The molecule has 0 amide bonds. The second-order valence-electron chi connectivity index (χ2n) is 1.79. The van der Waals surface area contributed by atoms with E-state index in [-0.39, 0.29) is 5.84 Å². The van der Waals surface area contributed by atoms with Crippen LogP contribution in [-0.2, 0) is 0 Å². The van der Waals surface area contributed by atoms with Crippen LogP contribution < -0.4 is 0 Å². The number of nitrogens with one attached hydrogen (secondary N) is 2. The van der Waals surface area contributed by atoms with Crippen LogP contribution in [0.5, 0.6) is 0 Å². The normalized spacial score (nSPS) is 18.2. The highest BCUT2D eigenvalue weighted by atomic mass is 14.8. The molecule has 46 valence electrons. The van der Waals surface area contributed by atoms with Crippen molar-refractivity contribution in [3.8, 4) is 0 Å². The van der Waals surface area contributed by atoms with Gasteiger partial charge in [-0.05, 0) is 12.2 Å². The highest BCUT2D eigenvalue weighted by Gasteiger charge is 1.98. The molecule has 0 aromatic rings. The minimum absolute atomic E-state index is 0.255. The van der Waals surface area contributed by atoms with Crippen LogP contribution in [0.4, 0.5) is 0 Å². The molecule has 1 heterocycles. The fraction of sp³-hybridized carbons (Fsp3) is 0.167. The van der Waals surface area contributed by atoms with E-state index in [1.54, 1.807) is 12.2 Å². The Morgan fingerprint density at radius 2 is 2.22 bits per heavy atom. The molecule has 0 saturated heterocycles. The van der Waals surface area contributed by atoms with Gasteiger partial charge in [0, 0.05) is 18.3 Å². The number of allylic oxidation sites excluding steroid dienone is 2. The zero-order valence-electron chi connectivity index (χ0n) is 4.89. The zero-order valence-corrected chi connectivity index (χ0v) is 4.89. The van der Waals surface area contributed by atoms with Crippen molar-refractivity contribution >= 4 is 17.8 Å². The Labute approximate surface area is 53.1 Å². The van der Waals surface area contributed by atoms with Gasteiger partial charge in [-0.25, -0.2) is 4.99 Å². The summed E-state index contributed by atoms with van der Waals surface area (Å²) in [5.74, 6) is 0.255. The van der Waals surface area contributed by atoms with Gasteiger partial charge >= 0.3 is 0 Å². The lowest BCUT2D eigenvalue weighted by molar-refractivity contribution is 1.33. The zero-order chi connectivity index (χ0) is 6.69. The maximum absolute atomic E-state index is 7.15. The number of nitrogens with zero attached hydrogens (tertiary/aromatic N) is 1. The van der Waals surface area contributed by atoms with E-state index in [0.29, 0.717) is 12.1 Å². The van der Waals surface area contributed by atoms with Gasteiger partial charge in [-0.2, -0.15) is 0 Å². The van der Waals surface area contributed by atoms with Gasteiger partial charge in [-0.3, -0.25) is 5.41 Å². The predicted octanol–water partition coefficient (Wildman–Crippen LogP) is 1.01. The van der Waals surface area contributed by atoms with Crippen molar-refractivity contribution in [3.63, 3.8) is 0 Å². The summed E-state index contributed by atoms with van der Waals surface area (Å²) in [4.78, 5) is 3.70. The lowest BCUT2D eigenvalue weighted by Crippen LogP contribution is -1.97. The number of hydrogen-bond donors (Lipinski definition) is 2. The molecule has 0 spiro atoms. The minimum Gasteiger partial charge on any atom is -0.305 e. The maximum atomic E-state index is 7.15. The van der Waals surface area contributed by atoms with Crippen LogP contribution >= 0.6 is 0 Å². The predicted molar refractivity (Wildman–Crippen MR) is 37.7 cm³/mol. The maximum Gasteiger partial charge on any atom is 0.126 e. The van der Waals surface area contributed by atoms with E-state index in [2.05, 4.69) is 4.99 Å². The standard InChI is InChI=1S/C6H7N3/c7-5-2-1-3-9-6(8)4-5/h1-3,7-8H,4H2. The summed E-state index contributed by atoms with van der Waals surface area (Å²) in [5.41, 5.74) is 0.442. The van der Waals surface area contributed by atoms with Gasteiger partial charge in [0.15, 0.2) is 0 Å². The molecule has 0 atom stereocenters. The van der Waals surface area contributed by atoms with Gasteiger partial charge in [-0.15, -0.1) is 0 Å². The molecule has 9 heavy (non-hydrogen) atoms. The van der Waals surface area contributed by atoms with Crippen molar-refractivity contribution in [3.05, 3.63) is 12.2 Å². The van der Waals surface area contributed by atoms with E-state index in [1.165, 1.54) is 6.21 Å². The Kier molecular flexibility index (Phi) is 1.53. The fourth-order valence-corrected chi connectivity index (χ4v) is 0.577. The van der Waals surface area contributed by atoms with Crippen LogP contribution in [0.3, 0.4) is 0 Å². The summed E-state index contributed by atoms with van der Waals surface area (Å²) in [5, 5.41) is 14.2. The lowest BCUT2D eigenvalue weighted by atomic mass is 10.2. The van der Waals surface area contributed by atoms with Crippen LogP contribution in [0.1, 0.15) is 6.42 Å². The van der Waals surface area contributed by atoms with Crippen molar-refractivity contribution in [1.82, 2.24) is 0 Å². The molecule has 2 N–H and O–H groups in total. The molecule has 0 bridgehead atoms.